The monoisotopic (exact) mass is 623 g/mol. The Morgan fingerprint density at radius 2 is 1.84 bits per heavy atom. The molecule has 1 aromatic rings. The highest BCUT2D eigenvalue weighted by Crippen LogP contribution is 2.59. The van der Waals surface area contributed by atoms with Crippen LogP contribution in [0.2, 0.25) is 18.6 Å². The summed E-state index contributed by atoms with van der Waals surface area (Å²) in [4.78, 5) is 54.9. The number of nitrogens with one attached hydrogen (secondary N) is 1. The topological polar surface area (TPSA) is 210 Å². The molecule has 3 fully saturated rings. The van der Waals surface area contributed by atoms with Gasteiger partial charge in [0, 0.05) is 36.3 Å². The van der Waals surface area contributed by atoms with Gasteiger partial charge in [-0.15, -0.1) is 0 Å². The van der Waals surface area contributed by atoms with Crippen molar-refractivity contribution in [1.29, 1.82) is 0 Å². The molecule has 0 bridgehead atoms. The van der Waals surface area contributed by atoms with E-state index in [2.05, 4.69) is 5.32 Å². The van der Waals surface area contributed by atoms with Crippen LogP contribution in [0.15, 0.2) is 18.2 Å². The number of aliphatic hydroxyl groups excluding tert-OH is 5. The molecule has 238 valence electrons. The van der Waals surface area contributed by atoms with Gasteiger partial charge >= 0.3 is 0 Å². The average molecular weight is 624 g/mol. The van der Waals surface area contributed by atoms with E-state index in [0.29, 0.717) is 24.2 Å². The Hall–Kier alpha value is -2.47. The van der Waals surface area contributed by atoms with Gasteiger partial charge in [-0.05, 0) is 44.1 Å². The molecule has 10 atom stereocenters. The first-order chi connectivity index (χ1) is 20.1. The molecule has 43 heavy (non-hydrogen) atoms. The maximum Gasteiger partial charge on any atom is 0.264 e. The Balaban J connectivity index is 1.46. The normalized spacial score (nSPS) is 37.7. The Kier molecular flexibility index (Phi) is 8.52. The molecular weight excluding hydrogens is 582 g/mol. The maximum absolute atomic E-state index is 14.0. The number of carbonyl (C=O) groups is 3. The summed E-state index contributed by atoms with van der Waals surface area (Å²) in [6.45, 7) is 5.68. The lowest BCUT2D eigenvalue weighted by Crippen LogP contribution is -2.60. The van der Waals surface area contributed by atoms with Crippen LogP contribution in [0.1, 0.15) is 31.7 Å². The van der Waals surface area contributed by atoms with Crippen LogP contribution in [0.25, 0.3) is 0 Å². The lowest BCUT2D eigenvalue weighted by molar-refractivity contribution is -0.274. The molecule has 0 unspecified atom stereocenters. The predicted molar refractivity (Wildman–Crippen MR) is 153 cm³/mol. The van der Waals surface area contributed by atoms with Crippen molar-refractivity contribution in [2.45, 2.75) is 93.3 Å². The van der Waals surface area contributed by atoms with Crippen molar-refractivity contribution in [3.05, 3.63) is 23.8 Å². The van der Waals surface area contributed by atoms with Crippen molar-refractivity contribution < 1.29 is 54.2 Å². The van der Waals surface area contributed by atoms with Gasteiger partial charge in [0.05, 0.1) is 30.9 Å². The summed E-state index contributed by atoms with van der Waals surface area (Å²) in [5, 5.41) is 52.2. The van der Waals surface area contributed by atoms with E-state index in [1.807, 2.05) is 6.92 Å². The first-order valence-corrected chi connectivity index (χ1v) is 17.6. The van der Waals surface area contributed by atoms with Gasteiger partial charge in [-0.2, -0.15) is 0 Å². The summed E-state index contributed by atoms with van der Waals surface area (Å²) in [5.74, 6) is -2.05. The van der Waals surface area contributed by atoms with Crippen molar-refractivity contribution in [2.75, 3.05) is 30.4 Å². The standard InChI is InChI=1S/C28H41N3O11Si/c1-13-24(43(3,4)40)18(11-19(33)31-9-5-6-15(31)12-32)42-28(13)16-10-14(7-8-17(16)30(2)27(28)39)29-25(37)23-21(35)20(34)22(36)26(38)41-23/h7-8,10,13,15,18,20-24,26,32,34-36,38,40H,5-6,9,11-12H2,1-4H3,(H,29,37)/t13-,15-,18+,20-,21-,22+,23-,24-,26+,28+/m0/s1. The van der Waals surface area contributed by atoms with E-state index in [-0.39, 0.29) is 36.6 Å². The molecule has 4 heterocycles. The Morgan fingerprint density at radius 3 is 2.49 bits per heavy atom. The predicted octanol–water partition coefficient (Wildman–Crippen LogP) is -1.43. The summed E-state index contributed by atoms with van der Waals surface area (Å²) in [6, 6.07) is 4.42. The number of benzene rings is 1. The summed E-state index contributed by atoms with van der Waals surface area (Å²) >= 11 is 0. The van der Waals surface area contributed by atoms with Gasteiger partial charge in [-0.3, -0.25) is 14.4 Å². The lowest BCUT2D eigenvalue weighted by Gasteiger charge is -2.37. The molecule has 0 aromatic heterocycles. The van der Waals surface area contributed by atoms with E-state index >= 15 is 0 Å². The SMILES string of the molecule is C[C@H]1[C@H]([Si](C)(C)O)[C@@H](CC(=O)N2CCC[C@H]2CO)O[C@]12C(=O)N(C)c1ccc(NC(=O)[C@H]3O[C@@H](O)[C@H](O)[C@@H](O)[C@@H]3O)cc12. The summed E-state index contributed by atoms with van der Waals surface area (Å²) in [5.41, 5.74) is -0.924. The van der Waals surface area contributed by atoms with Gasteiger partial charge in [0.25, 0.3) is 11.8 Å². The number of rotatable bonds is 6. The number of ether oxygens (including phenoxy) is 2. The van der Waals surface area contributed by atoms with Crippen LogP contribution < -0.4 is 10.2 Å². The smallest absolute Gasteiger partial charge is 0.264 e. The molecule has 4 aliphatic rings. The molecule has 3 amide bonds. The van der Waals surface area contributed by atoms with E-state index in [9.17, 15) is 44.7 Å². The first-order valence-electron chi connectivity index (χ1n) is 14.5. The molecule has 1 aromatic carbocycles. The molecule has 0 aliphatic carbocycles. The molecule has 3 saturated heterocycles. The zero-order valence-corrected chi connectivity index (χ0v) is 25.6. The second kappa shape index (κ2) is 11.5. The third-order valence-corrected chi connectivity index (χ3v) is 12.0. The largest absolute Gasteiger partial charge is 0.432 e. The fourth-order valence-electron chi connectivity index (χ4n) is 7.40. The van der Waals surface area contributed by atoms with Gasteiger partial charge in [-0.1, -0.05) is 6.92 Å². The fraction of sp³-hybridized carbons (Fsp3) is 0.679. The minimum Gasteiger partial charge on any atom is -0.432 e. The third-order valence-electron chi connectivity index (χ3n) is 9.51. The highest BCUT2D eigenvalue weighted by Gasteiger charge is 2.66. The van der Waals surface area contributed by atoms with Crippen LogP contribution in [0.5, 0.6) is 0 Å². The van der Waals surface area contributed by atoms with E-state index in [0.717, 1.165) is 6.42 Å². The Morgan fingerprint density at radius 1 is 1.14 bits per heavy atom. The maximum atomic E-state index is 14.0. The molecule has 0 saturated carbocycles. The number of likely N-dealkylation sites (N-methyl/N-ethyl adjacent to an activating group) is 1. The molecule has 15 heteroatoms. The number of carbonyl (C=O) groups excluding carboxylic acids is 3. The third kappa shape index (κ3) is 5.19. The molecular formula is C28H41N3O11Si. The molecule has 14 nitrogen and oxygen atoms in total. The number of hydrogen-bond acceptors (Lipinski definition) is 11. The van der Waals surface area contributed by atoms with Gasteiger partial charge < -0.3 is 54.9 Å². The Labute approximate surface area is 249 Å². The van der Waals surface area contributed by atoms with Crippen molar-refractivity contribution in [3.8, 4) is 0 Å². The number of hydrogen-bond donors (Lipinski definition) is 7. The molecule has 4 aliphatic heterocycles. The van der Waals surface area contributed by atoms with Crippen LogP contribution in [0.4, 0.5) is 11.4 Å². The van der Waals surface area contributed by atoms with Crippen LogP contribution in [-0.2, 0) is 29.5 Å². The van der Waals surface area contributed by atoms with Gasteiger partial charge in [0.2, 0.25) is 5.91 Å². The number of nitrogens with zero attached hydrogens (tertiary/aromatic N) is 2. The number of amides is 3. The van der Waals surface area contributed by atoms with Crippen LogP contribution >= 0.6 is 0 Å². The number of fused-ring (bicyclic) bond motifs is 2. The van der Waals surface area contributed by atoms with E-state index < -0.39 is 68.1 Å². The minimum absolute atomic E-state index is 0.0690. The fourth-order valence-corrected chi connectivity index (χ4v) is 9.95. The number of aliphatic hydroxyl groups is 5. The molecule has 7 N–H and O–H groups in total. The van der Waals surface area contributed by atoms with Crippen LogP contribution in [0, 0.1) is 5.92 Å². The van der Waals surface area contributed by atoms with Crippen LogP contribution in [-0.4, -0.2) is 124 Å². The summed E-state index contributed by atoms with van der Waals surface area (Å²) in [7, 11) is -1.44. The highest BCUT2D eigenvalue weighted by atomic mass is 28.4. The van der Waals surface area contributed by atoms with Gasteiger partial charge in [-0.25, -0.2) is 0 Å². The molecule has 0 radical (unpaired) electrons. The summed E-state index contributed by atoms with van der Waals surface area (Å²) in [6.07, 6.45) is -8.41. The number of likely N-dealkylation sites (tertiary alicyclic amines) is 1. The van der Waals surface area contributed by atoms with Gasteiger partial charge in [0.15, 0.2) is 26.3 Å². The van der Waals surface area contributed by atoms with Crippen molar-refractivity contribution in [2.24, 2.45) is 5.92 Å². The van der Waals surface area contributed by atoms with Crippen molar-refractivity contribution >= 4 is 37.4 Å². The number of anilines is 2. The van der Waals surface area contributed by atoms with Crippen molar-refractivity contribution in [3.63, 3.8) is 0 Å². The molecule has 1 spiro atoms. The zero-order chi connectivity index (χ0) is 31.6. The second-order valence-electron chi connectivity index (χ2n) is 12.6. The molecule has 5 rings (SSSR count). The van der Waals surface area contributed by atoms with Crippen molar-refractivity contribution in [1.82, 2.24) is 4.90 Å². The highest BCUT2D eigenvalue weighted by molar-refractivity contribution is 6.71. The van der Waals surface area contributed by atoms with Gasteiger partial charge in [0.1, 0.15) is 18.3 Å². The quantitative estimate of drug-likeness (QED) is 0.183. The lowest BCUT2D eigenvalue weighted by atomic mass is 9.82. The van der Waals surface area contributed by atoms with Crippen LogP contribution in [0.3, 0.4) is 0 Å². The zero-order valence-electron chi connectivity index (χ0n) is 24.6. The average Bonchev–Trinajstić information content (AvgIpc) is 3.60. The van der Waals surface area contributed by atoms with E-state index in [1.54, 1.807) is 37.2 Å². The van der Waals surface area contributed by atoms with E-state index in [4.69, 9.17) is 9.47 Å². The summed E-state index contributed by atoms with van der Waals surface area (Å²) < 4.78 is 11.6. The van der Waals surface area contributed by atoms with E-state index in [1.165, 1.54) is 11.0 Å². The first kappa shape index (κ1) is 31.9. The Bertz CT molecular complexity index is 1280. The second-order valence-corrected chi connectivity index (χ2v) is 16.6. The minimum atomic E-state index is -3.03.